The van der Waals surface area contributed by atoms with Crippen LogP contribution in [0.15, 0.2) is 36.4 Å². The van der Waals surface area contributed by atoms with Gasteiger partial charge in [-0.15, -0.1) is 0 Å². The summed E-state index contributed by atoms with van der Waals surface area (Å²) in [6.45, 7) is 6.39. The summed E-state index contributed by atoms with van der Waals surface area (Å²) in [5.41, 5.74) is 2.81. The number of ether oxygens (including phenoxy) is 3. The minimum atomic E-state index is -0.00629. The number of rotatable bonds is 7. The Morgan fingerprint density at radius 3 is 2.22 bits per heavy atom. The molecular weight excluding hydrogens is 292 g/mol. The molecule has 0 saturated heterocycles. The van der Waals surface area contributed by atoms with Gasteiger partial charge in [0.05, 0.1) is 7.11 Å². The van der Waals surface area contributed by atoms with Crippen LogP contribution in [-0.2, 0) is 0 Å². The zero-order chi connectivity index (χ0) is 16.8. The smallest absolute Gasteiger partial charge is 0.161 e. The molecule has 0 unspecified atom stereocenters. The van der Waals surface area contributed by atoms with Crippen LogP contribution < -0.4 is 14.2 Å². The molecule has 0 aliphatic heterocycles. The zero-order valence-corrected chi connectivity index (χ0v) is 14.0. The number of carbonyl (C=O) groups is 1. The van der Waals surface area contributed by atoms with E-state index in [1.807, 2.05) is 32.0 Å². The fourth-order valence-electron chi connectivity index (χ4n) is 2.33. The average molecular weight is 314 g/mol. The second kappa shape index (κ2) is 7.68. The van der Waals surface area contributed by atoms with Crippen molar-refractivity contribution in [3.05, 3.63) is 53.1 Å². The van der Waals surface area contributed by atoms with Gasteiger partial charge >= 0.3 is 0 Å². The first-order valence-corrected chi connectivity index (χ1v) is 7.53. The van der Waals surface area contributed by atoms with Crippen molar-refractivity contribution >= 4 is 5.78 Å². The fourth-order valence-corrected chi connectivity index (χ4v) is 2.33. The van der Waals surface area contributed by atoms with E-state index in [4.69, 9.17) is 14.2 Å². The highest BCUT2D eigenvalue weighted by atomic mass is 16.5. The van der Waals surface area contributed by atoms with Crippen molar-refractivity contribution in [1.82, 2.24) is 0 Å². The predicted octanol–water partition coefficient (Wildman–Crippen LogP) is 3.97. The lowest BCUT2D eigenvalue weighted by atomic mass is 10.1. The molecule has 0 spiro atoms. The van der Waals surface area contributed by atoms with E-state index in [-0.39, 0.29) is 5.78 Å². The number of hydrogen-bond donors (Lipinski definition) is 0. The van der Waals surface area contributed by atoms with Gasteiger partial charge in [-0.2, -0.15) is 0 Å². The maximum Gasteiger partial charge on any atom is 0.161 e. The molecule has 2 aromatic carbocycles. The lowest BCUT2D eigenvalue weighted by molar-refractivity contribution is 0.101. The second-order valence-corrected chi connectivity index (χ2v) is 5.34. The molecule has 0 bridgehead atoms. The molecule has 0 amide bonds. The van der Waals surface area contributed by atoms with E-state index < -0.39 is 0 Å². The number of hydrogen-bond acceptors (Lipinski definition) is 4. The molecule has 4 heteroatoms. The van der Waals surface area contributed by atoms with Gasteiger partial charge in [0, 0.05) is 5.56 Å². The van der Waals surface area contributed by atoms with Crippen molar-refractivity contribution in [1.29, 1.82) is 0 Å². The topological polar surface area (TPSA) is 44.8 Å². The van der Waals surface area contributed by atoms with Gasteiger partial charge in [-0.05, 0) is 50.1 Å². The van der Waals surface area contributed by atoms with Gasteiger partial charge in [-0.1, -0.05) is 18.2 Å². The quantitative estimate of drug-likeness (QED) is 0.573. The van der Waals surface area contributed by atoms with Crippen molar-refractivity contribution < 1.29 is 19.0 Å². The van der Waals surface area contributed by atoms with Crippen LogP contribution in [0.2, 0.25) is 0 Å². The van der Waals surface area contributed by atoms with Gasteiger partial charge in [0.2, 0.25) is 0 Å². The summed E-state index contributed by atoms with van der Waals surface area (Å²) in [4.78, 5) is 11.4. The van der Waals surface area contributed by atoms with E-state index in [2.05, 4.69) is 0 Å². The van der Waals surface area contributed by atoms with Crippen LogP contribution in [0.25, 0.3) is 0 Å². The highest BCUT2D eigenvalue weighted by Gasteiger charge is 2.09. The molecule has 122 valence electrons. The highest BCUT2D eigenvalue weighted by Crippen LogP contribution is 2.28. The summed E-state index contributed by atoms with van der Waals surface area (Å²) in [6.07, 6.45) is 0. The number of carbonyl (C=O) groups excluding carboxylic acids is 1. The van der Waals surface area contributed by atoms with Crippen LogP contribution >= 0.6 is 0 Å². The Kier molecular flexibility index (Phi) is 5.63. The van der Waals surface area contributed by atoms with Crippen molar-refractivity contribution in [3.63, 3.8) is 0 Å². The van der Waals surface area contributed by atoms with E-state index in [0.717, 1.165) is 16.9 Å². The van der Waals surface area contributed by atoms with Crippen molar-refractivity contribution in [2.75, 3.05) is 20.3 Å². The lowest BCUT2D eigenvalue weighted by Gasteiger charge is -2.14. The Hall–Kier alpha value is -2.49. The van der Waals surface area contributed by atoms with E-state index in [0.29, 0.717) is 30.3 Å². The number of benzene rings is 2. The summed E-state index contributed by atoms with van der Waals surface area (Å²) in [5.74, 6) is 2.04. The number of methoxy groups -OCH3 is 1. The zero-order valence-electron chi connectivity index (χ0n) is 14.0. The molecule has 0 aliphatic rings. The fraction of sp³-hybridized carbons (Fsp3) is 0.316. The standard InChI is InChI=1S/C19H22O4/c1-13-6-5-7-14(2)19(13)23-11-10-22-17-9-8-16(15(3)20)12-18(17)21-4/h5-9,12H,10-11H2,1-4H3. The lowest BCUT2D eigenvalue weighted by Crippen LogP contribution is -2.11. The highest BCUT2D eigenvalue weighted by molar-refractivity contribution is 5.94. The molecule has 0 heterocycles. The normalized spacial score (nSPS) is 10.3. The summed E-state index contributed by atoms with van der Waals surface area (Å²) >= 11 is 0. The van der Waals surface area contributed by atoms with E-state index in [1.165, 1.54) is 6.92 Å². The van der Waals surface area contributed by atoms with Crippen LogP contribution in [0.4, 0.5) is 0 Å². The van der Waals surface area contributed by atoms with Gasteiger partial charge in [0.25, 0.3) is 0 Å². The molecule has 2 aromatic rings. The minimum absolute atomic E-state index is 0.00629. The third-order valence-electron chi connectivity index (χ3n) is 3.57. The van der Waals surface area contributed by atoms with Crippen molar-refractivity contribution in [3.8, 4) is 17.2 Å². The van der Waals surface area contributed by atoms with Crippen LogP contribution in [0.1, 0.15) is 28.4 Å². The molecule has 0 radical (unpaired) electrons. The maximum atomic E-state index is 11.4. The summed E-state index contributed by atoms with van der Waals surface area (Å²) in [6, 6.07) is 11.2. The van der Waals surface area contributed by atoms with E-state index in [9.17, 15) is 4.79 Å². The maximum absolute atomic E-state index is 11.4. The molecule has 0 aliphatic carbocycles. The molecule has 2 rings (SSSR count). The first kappa shape index (κ1) is 16.9. The summed E-state index contributed by atoms with van der Waals surface area (Å²) < 4.78 is 16.8. The monoisotopic (exact) mass is 314 g/mol. The van der Waals surface area contributed by atoms with Crippen molar-refractivity contribution in [2.45, 2.75) is 20.8 Å². The first-order chi connectivity index (χ1) is 11.0. The Labute approximate surface area is 137 Å². The molecule has 0 atom stereocenters. The van der Waals surface area contributed by atoms with Gasteiger partial charge in [-0.25, -0.2) is 0 Å². The first-order valence-electron chi connectivity index (χ1n) is 7.53. The second-order valence-electron chi connectivity index (χ2n) is 5.34. The van der Waals surface area contributed by atoms with Gasteiger partial charge in [-0.3, -0.25) is 4.79 Å². The molecule has 0 saturated carbocycles. The summed E-state index contributed by atoms with van der Waals surface area (Å²) in [7, 11) is 1.55. The Morgan fingerprint density at radius 1 is 0.957 bits per heavy atom. The average Bonchev–Trinajstić information content (AvgIpc) is 2.53. The summed E-state index contributed by atoms with van der Waals surface area (Å²) in [5, 5.41) is 0. The van der Waals surface area contributed by atoms with E-state index in [1.54, 1.807) is 25.3 Å². The van der Waals surface area contributed by atoms with Crippen LogP contribution in [0, 0.1) is 13.8 Å². The Bertz CT molecular complexity index is 672. The van der Waals surface area contributed by atoms with Crippen molar-refractivity contribution in [2.24, 2.45) is 0 Å². The minimum Gasteiger partial charge on any atom is -0.493 e. The third-order valence-corrected chi connectivity index (χ3v) is 3.57. The predicted molar refractivity (Wildman–Crippen MR) is 89.9 cm³/mol. The number of ketones is 1. The molecule has 0 fully saturated rings. The largest absolute Gasteiger partial charge is 0.493 e. The van der Waals surface area contributed by atoms with Gasteiger partial charge in [0.1, 0.15) is 19.0 Å². The van der Waals surface area contributed by atoms with E-state index >= 15 is 0 Å². The Morgan fingerprint density at radius 2 is 1.61 bits per heavy atom. The third kappa shape index (κ3) is 4.25. The SMILES string of the molecule is COc1cc(C(C)=O)ccc1OCCOc1c(C)cccc1C. The molecular formula is C19H22O4. The van der Waals surface area contributed by atoms with Gasteiger partial charge < -0.3 is 14.2 Å². The Balaban J connectivity index is 1.95. The molecule has 4 nitrogen and oxygen atoms in total. The van der Waals surface area contributed by atoms with Gasteiger partial charge in [0.15, 0.2) is 17.3 Å². The van der Waals surface area contributed by atoms with Crippen LogP contribution in [-0.4, -0.2) is 26.1 Å². The van der Waals surface area contributed by atoms with Crippen LogP contribution in [0.5, 0.6) is 17.2 Å². The number of aryl methyl sites for hydroxylation is 2. The van der Waals surface area contributed by atoms with Crippen LogP contribution in [0.3, 0.4) is 0 Å². The molecule has 0 aromatic heterocycles. The molecule has 23 heavy (non-hydrogen) atoms. The number of Topliss-reactive ketones (excluding diaryl/α,β-unsaturated/α-hetero) is 1. The number of para-hydroxylation sites is 1. The molecule has 0 N–H and O–H groups in total.